The highest BCUT2D eigenvalue weighted by Gasteiger charge is 2.35. The minimum Gasteiger partial charge on any atom is -0.367 e. The average molecular weight is 362 g/mol. The van der Waals surface area contributed by atoms with Crippen LogP contribution in [-0.2, 0) is 0 Å². The van der Waals surface area contributed by atoms with Gasteiger partial charge in [-0.1, -0.05) is 11.6 Å². The molecule has 1 fully saturated rings. The smallest absolute Gasteiger partial charge is 0.367 e. The molecular formula is C19H21F3N4. The van der Waals surface area contributed by atoms with Gasteiger partial charge in [-0.15, -0.1) is 0 Å². The first-order valence-electron chi connectivity index (χ1n) is 8.55. The van der Waals surface area contributed by atoms with Gasteiger partial charge >= 0.3 is 6.18 Å². The minimum atomic E-state index is -4.20. The van der Waals surface area contributed by atoms with E-state index in [2.05, 4.69) is 11.1 Å². The summed E-state index contributed by atoms with van der Waals surface area (Å²) < 4.78 is 38.2. The van der Waals surface area contributed by atoms with E-state index in [9.17, 15) is 18.4 Å². The molecular weight excluding hydrogens is 341 g/mol. The maximum atomic E-state index is 12.7. The van der Waals surface area contributed by atoms with Crippen molar-refractivity contribution in [1.29, 1.82) is 5.26 Å². The van der Waals surface area contributed by atoms with Crippen molar-refractivity contribution < 1.29 is 13.2 Å². The van der Waals surface area contributed by atoms with Gasteiger partial charge in [0, 0.05) is 37.3 Å². The zero-order valence-electron chi connectivity index (χ0n) is 15.1. The SMILES string of the molecule is Cc1cc(C)c2ncc(C#N)c(N3CCN(CC(F)(F)F)C(C)C3)c2c1. The summed E-state index contributed by atoms with van der Waals surface area (Å²) in [5, 5.41) is 10.4. The van der Waals surface area contributed by atoms with Crippen molar-refractivity contribution in [3.05, 3.63) is 35.0 Å². The highest BCUT2D eigenvalue weighted by atomic mass is 19.4. The molecule has 2 aromatic rings. The number of pyridine rings is 1. The van der Waals surface area contributed by atoms with Crippen LogP contribution < -0.4 is 4.90 Å². The number of aryl methyl sites for hydroxylation is 2. The number of hydrogen-bond donors (Lipinski definition) is 0. The molecule has 1 aliphatic heterocycles. The van der Waals surface area contributed by atoms with Crippen LogP contribution in [0.4, 0.5) is 18.9 Å². The monoisotopic (exact) mass is 362 g/mol. The van der Waals surface area contributed by atoms with Gasteiger partial charge in [-0.3, -0.25) is 9.88 Å². The fourth-order valence-electron chi connectivity index (χ4n) is 3.73. The maximum Gasteiger partial charge on any atom is 0.401 e. The first-order chi connectivity index (χ1) is 12.2. The van der Waals surface area contributed by atoms with Crippen molar-refractivity contribution in [1.82, 2.24) is 9.88 Å². The Morgan fingerprint density at radius 3 is 2.62 bits per heavy atom. The molecule has 1 unspecified atom stereocenters. The Balaban J connectivity index is 2.00. The molecule has 1 aromatic heterocycles. The molecule has 26 heavy (non-hydrogen) atoms. The van der Waals surface area contributed by atoms with Crippen molar-refractivity contribution >= 4 is 16.6 Å². The standard InChI is InChI=1S/C19H21F3N4/c1-12-6-13(2)17-16(7-12)18(15(8-23)9-24-17)25-4-5-26(14(3)10-25)11-19(20,21)22/h6-7,9,14H,4-5,10-11H2,1-3H3. The van der Waals surface area contributed by atoms with Gasteiger partial charge in [0.1, 0.15) is 6.07 Å². The molecule has 0 bridgehead atoms. The Morgan fingerprint density at radius 2 is 2.00 bits per heavy atom. The van der Waals surface area contributed by atoms with Gasteiger partial charge < -0.3 is 4.90 Å². The van der Waals surface area contributed by atoms with E-state index in [0.717, 1.165) is 27.7 Å². The normalized spacial score (nSPS) is 19.0. The Bertz CT molecular complexity index is 870. The Labute approximate surface area is 150 Å². The molecule has 0 N–H and O–H groups in total. The number of piperazine rings is 1. The van der Waals surface area contributed by atoms with Gasteiger partial charge in [0.05, 0.1) is 23.3 Å². The van der Waals surface area contributed by atoms with Crippen LogP contribution in [0, 0.1) is 25.2 Å². The van der Waals surface area contributed by atoms with Gasteiger partial charge in [-0.05, 0) is 32.4 Å². The summed E-state index contributed by atoms with van der Waals surface area (Å²) in [6.07, 6.45) is -2.64. The van der Waals surface area contributed by atoms with Crippen LogP contribution >= 0.6 is 0 Å². The van der Waals surface area contributed by atoms with Crippen molar-refractivity contribution in [3.63, 3.8) is 0 Å². The largest absolute Gasteiger partial charge is 0.401 e. The molecule has 3 rings (SSSR count). The van der Waals surface area contributed by atoms with Gasteiger partial charge in [0.25, 0.3) is 0 Å². The summed E-state index contributed by atoms with van der Waals surface area (Å²) >= 11 is 0. The molecule has 4 nitrogen and oxygen atoms in total. The molecule has 0 spiro atoms. The van der Waals surface area contributed by atoms with Crippen molar-refractivity contribution in [2.75, 3.05) is 31.1 Å². The van der Waals surface area contributed by atoms with Crippen LogP contribution in [0.5, 0.6) is 0 Å². The first kappa shape index (κ1) is 18.5. The number of aromatic nitrogens is 1. The van der Waals surface area contributed by atoms with Crippen molar-refractivity contribution in [2.24, 2.45) is 0 Å². The molecule has 1 saturated heterocycles. The van der Waals surface area contributed by atoms with E-state index in [-0.39, 0.29) is 6.04 Å². The van der Waals surface area contributed by atoms with Gasteiger partial charge in [0.15, 0.2) is 0 Å². The Kier molecular flexibility index (Phi) is 4.80. The lowest BCUT2D eigenvalue weighted by Crippen LogP contribution is -2.54. The van der Waals surface area contributed by atoms with E-state index in [1.807, 2.05) is 30.9 Å². The molecule has 0 aliphatic carbocycles. The van der Waals surface area contributed by atoms with Crippen molar-refractivity contribution in [3.8, 4) is 6.07 Å². The van der Waals surface area contributed by atoms with E-state index >= 15 is 0 Å². The number of halogens is 3. The van der Waals surface area contributed by atoms with Crippen LogP contribution in [-0.4, -0.2) is 48.3 Å². The molecule has 1 atom stereocenters. The molecule has 2 heterocycles. The van der Waals surface area contributed by atoms with E-state index in [1.165, 1.54) is 4.90 Å². The van der Waals surface area contributed by atoms with E-state index < -0.39 is 12.7 Å². The van der Waals surface area contributed by atoms with E-state index in [1.54, 1.807) is 13.1 Å². The summed E-state index contributed by atoms with van der Waals surface area (Å²) in [5.74, 6) is 0. The Morgan fingerprint density at radius 1 is 1.27 bits per heavy atom. The zero-order chi connectivity index (χ0) is 19.1. The Hall–Kier alpha value is -2.33. The summed E-state index contributed by atoms with van der Waals surface area (Å²) in [7, 11) is 0. The summed E-state index contributed by atoms with van der Waals surface area (Å²) in [5.41, 5.74) is 4.16. The highest BCUT2D eigenvalue weighted by Crippen LogP contribution is 2.33. The van der Waals surface area contributed by atoms with Gasteiger partial charge in [0.2, 0.25) is 0 Å². The number of fused-ring (bicyclic) bond motifs is 1. The topological polar surface area (TPSA) is 43.2 Å². The maximum absolute atomic E-state index is 12.7. The first-order valence-corrected chi connectivity index (χ1v) is 8.55. The second-order valence-corrected chi connectivity index (χ2v) is 6.99. The number of alkyl halides is 3. The van der Waals surface area contributed by atoms with Crippen LogP contribution in [0.3, 0.4) is 0 Å². The molecule has 138 valence electrons. The number of nitrogens with zero attached hydrogens (tertiary/aromatic N) is 4. The minimum absolute atomic E-state index is 0.258. The van der Waals surface area contributed by atoms with E-state index in [0.29, 0.717) is 25.2 Å². The fourth-order valence-corrected chi connectivity index (χ4v) is 3.73. The van der Waals surface area contributed by atoms with Crippen LogP contribution in [0.25, 0.3) is 10.9 Å². The predicted octanol–water partition coefficient (Wildman–Crippen LogP) is 3.80. The van der Waals surface area contributed by atoms with Gasteiger partial charge in [-0.2, -0.15) is 18.4 Å². The third-order valence-electron chi connectivity index (χ3n) is 4.86. The summed E-state index contributed by atoms with van der Waals surface area (Å²) in [6.45, 7) is 6.05. The molecule has 7 heteroatoms. The van der Waals surface area contributed by atoms with Crippen LogP contribution in [0.1, 0.15) is 23.6 Å². The lowest BCUT2D eigenvalue weighted by atomic mass is 10.0. The number of hydrogen-bond acceptors (Lipinski definition) is 4. The van der Waals surface area contributed by atoms with Crippen LogP contribution in [0.15, 0.2) is 18.3 Å². The molecule has 1 aliphatic rings. The highest BCUT2D eigenvalue weighted by molar-refractivity contribution is 5.96. The lowest BCUT2D eigenvalue weighted by Gasteiger charge is -2.41. The zero-order valence-corrected chi connectivity index (χ0v) is 15.1. The quantitative estimate of drug-likeness (QED) is 0.815. The third-order valence-corrected chi connectivity index (χ3v) is 4.86. The fraction of sp³-hybridized carbons (Fsp3) is 0.474. The van der Waals surface area contributed by atoms with Gasteiger partial charge in [-0.25, -0.2) is 0 Å². The third kappa shape index (κ3) is 3.61. The number of benzene rings is 1. The summed E-state index contributed by atoms with van der Waals surface area (Å²) in [4.78, 5) is 7.90. The molecule has 0 amide bonds. The molecule has 1 aromatic carbocycles. The lowest BCUT2D eigenvalue weighted by molar-refractivity contribution is -0.150. The predicted molar refractivity (Wildman–Crippen MR) is 95.2 cm³/mol. The number of rotatable bonds is 2. The second-order valence-electron chi connectivity index (χ2n) is 6.99. The number of anilines is 1. The van der Waals surface area contributed by atoms with E-state index in [4.69, 9.17) is 0 Å². The molecule has 0 saturated carbocycles. The number of nitriles is 1. The van der Waals surface area contributed by atoms with Crippen LogP contribution in [0.2, 0.25) is 0 Å². The molecule has 0 radical (unpaired) electrons. The summed E-state index contributed by atoms with van der Waals surface area (Å²) in [6, 6.07) is 5.97. The average Bonchev–Trinajstić information content (AvgIpc) is 2.54. The second kappa shape index (κ2) is 6.76. The van der Waals surface area contributed by atoms with Crippen molar-refractivity contribution in [2.45, 2.75) is 33.0 Å².